The van der Waals surface area contributed by atoms with Crippen LogP contribution in [-0.4, -0.2) is 37.1 Å². The summed E-state index contributed by atoms with van der Waals surface area (Å²) in [7, 11) is 0. The standard InChI is InChI=1S/C16H26N2O2/c1-3-18(4-2)11-6-5-7-12-20-16(19)14-9-8-10-15(17)13-14/h8-10,13H,3-7,11-12,17H2,1-2H3. The van der Waals surface area contributed by atoms with Gasteiger partial charge in [0.05, 0.1) is 12.2 Å². The van der Waals surface area contributed by atoms with Crippen molar-refractivity contribution in [3.05, 3.63) is 29.8 Å². The third-order valence-electron chi connectivity index (χ3n) is 3.37. The predicted molar refractivity (Wildman–Crippen MR) is 82.8 cm³/mol. The lowest BCUT2D eigenvalue weighted by Gasteiger charge is -2.17. The number of ether oxygens (including phenoxy) is 1. The zero-order chi connectivity index (χ0) is 14.8. The summed E-state index contributed by atoms with van der Waals surface area (Å²) in [5, 5.41) is 0. The second kappa shape index (κ2) is 9.37. The Kier molecular flexibility index (Phi) is 7.73. The fourth-order valence-electron chi connectivity index (χ4n) is 2.07. The molecule has 1 rings (SSSR count). The lowest BCUT2D eigenvalue weighted by atomic mass is 10.2. The highest BCUT2D eigenvalue weighted by atomic mass is 16.5. The third kappa shape index (κ3) is 6.06. The Labute approximate surface area is 121 Å². The van der Waals surface area contributed by atoms with Crippen molar-refractivity contribution in [2.24, 2.45) is 0 Å². The van der Waals surface area contributed by atoms with Crippen LogP contribution < -0.4 is 5.73 Å². The Morgan fingerprint density at radius 3 is 2.60 bits per heavy atom. The van der Waals surface area contributed by atoms with Crippen molar-refractivity contribution < 1.29 is 9.53 Å². The maximum absolute atomic E-state index is 11.7. The second-order valence-electron chi connectivity index (χ2n) is 4.85. The SMILES string of the molecule is CCN(CC)CCCCCOC(=O)c1cccc(N)c1. The van der Waals surface area contributed by atoms with Crippen molar-refractivity contribution in [1.29, 1.82) is 0 Å². The minimum Gasteiger partial charge on any atom is -0.462 e. The summed E-state index contributed by atoms with van der Waals surface area (Å²) in [6, 6.07) is 6.88. The summed E-state index contributed by atoms with van der Waals surface area (Å²) < 4.78 is 5.23. The number of rotatable bonds is 9. The van der Waals surface area contributed by atoms with Crippen LogP contribution in [0.1, 0.15) is 43.5 Å². The first-order chi connectivity index (χ1) is 9.67. The van der Waals surface area contributed by atoms with E-state index in [4.69, 9.17) is 10.5 Å². The van der Waals surface area contributed by atoms with E-state index in [0.29, 0.717) is 17.9 Å². The predicted octanol–water partition coefficient (Wildman–Crippen LogP) is 2.94. The number of hydrogen-bond donors (Lipinski definition) is 1. The van der Waals surface area contributed by atoms with E-state index in [2.05, 4.69) is 18.7 Å². The molecule has 0 fully saturated rings. The van der Waals surface area contributed by atoms with Crippen LogP contribution in [0.15, 0.2) is 24.3 Å². The normalized spacial score (nSPS) is 10.8. The molecule has 4 heteroatoms. The van der Waals surface area contributed by atoms with Crippen molar-refractivity contribution in [1.82, 2.24) is 4.90 Å². The summed E-state index contributed by atoms with van der Waals surface area (Å²) >= 11 is 0. The van der Waals surface area contributed by atoms with Crippen LogP contribution in [0.4, 0.5) is 5.69 Å². The van der Waals surface area contributed by atoms with Gasteiger partial charge in [-0.3, -0.25) is 0 Å². The number of esters is 1. The number of carbonyl (C=O) groups excluding carboxylic acids is 1. The number of hydrogen-bond acceptors (Lipinski definition) is 4. The van der Waals surface area contributed by atoms with E-state index in [9.17, 15) is 4.79 Å². The van der Waals surface area contributed by atoms with Gasteiger partial charge in [-0.1, -0.05) is 19.9 Å². The van der Waals surface area contributed by atoms with Gasteiger partial charge < -0.3 is 15.4 Å². The van der Waals surface area contributed by atoms with Gasteiger partial charge in [-0.05, 0) is 57.1 Å². The van der Waals surface area contributed by atoms with Gasteiger partial charge in [0.15, 0.2) is 0 Å². The highest BCUT2D eigenvalue weighted by molar-refractivity contribution is 5.90. The molecule has 1 aromatic carbocycles. The molecule has 0 amide bonds. The van der Waals surface area contributed by atoms with Gasteiger partial charge in [0.1, 0.15) is 0 Å². The number of carbonyl (C=O) groups is 1. The van der Waals surface area contributed by atoms with Gasteiger partial charge in [0.25, 0.3) is 0 Å². The van der Waals surface area contributed by atoms with Crippen molar-refractivity contribution >= 4 is 11.7 Å². The second-order valence-corrected chi connectivity index (χ2v) is 4.85. The zero-order valence-electron chi connectivity index (χ0n) is 12.6. The van der Waals surface area contributed by atoms with Crippen molar-refractivity contribution in [3.63, 3.8) is 0 Å². The molecule has 0 aliphatic heterocycles. The Bertz CT molecular complexity index is 403. The number of anilines is 1. The third-order valence-corrected chi connectivity index (χ3v) is 3.37. The molecule has 1 aromatic rings. The lowest BCUT2D eigenvalue weighted by molar-refractivity contribution is 0.0497. The molecular formula is C16H26N2O2. The number of nitrogens with zero attached hydrogens (tertiary/aromatic N) is 1. The largest absolute Gasteiger partial charge is 0.462 e. The summed E-state index contributed by atoms with van der Waals surface area (Å²) in [6.45, 7) is 8.15. The zero-order valence-corrected chi connectivity index (χ0v) is 12.6. The molecule has 0 bridgehead atoms. The number of nitrogen functional groups attached to an aromatic ring is 1. The van der Waals surface area contributed by atoms with E-state index < -0.39 is 0 Å². The molecule has 0 aliphatic carbocycles. The molecule has 0 atom stereocenters. The topological polar surface area (TPSA) is 55.6 Å². The molecule has 0 aromatic heterocycles. The van der Waals surface area contributed by atoms with Gasteiger partial charge in [-0.15, -0.1) is 0 Å². The molecule has 0 saturated heterocycles. The quantitative estimate of drug-likeness (QED) is 0.429. The highest BCUT2D eigenvalue weighted by Crippen LogP contribution is 2.08. The molecule has 0 saturated carbocycles. The molecule has 0 unspecified atom stereocenters. The van der Waals surface area contributed by atoms with Gasteiger partial charge in [-0.25, -0.2) is 4.79 Å². The molecule has 2 N–H and O–H groups in total. The molecule has 0 aliphatic rings. The van der Waals surface area contributed by atoms with Crippen LogP contribution in [0.2, 0.25) is 0 Å². The van der Waals surface area contributed by atoms with Crippen molar-refractivity contribution in [2.45, 2.75) is 33.1 Å². The first kappa shape index (κ1) is 16.5. The maximum atomic E-state index is 11.7. The van der Waals surface area contributed by atoms with Gasteiger partial charge in [-0.2, -0.15) is 0 Å². The minimum absolute atomic E-state index is 0.291. The molecule has 4 nitrogen and oxygen atoms in total. The fraction of sp³-hybridized carbons (Fsp3) is 0.562. The average Bonchev–Trinajstić information content (AvgIpc) is 2.46. The molecular weight excluding hydrogens is 252 g/mol. The van der Waals surface area contributed by atoms with Gasteiger partial charge in [0, 0.05) is 5.69 Å². The first-order valence-electron chi connectivity index (χ1n) is 7.42. The molecule has 0 radical (unpaired) electrons. The fourth-order valence-corrected chi connectivity index (χ4v) is 2.07. The monoisotopic (exact) mass is 278 g/mol. The Morgan fingerprint density at radius 2 is 1.95 bits per heavy atom. The molecule has 0 spiro atoms. The lowest BCUT2D eigenvalue weighted by Crippen LogP contribution is -2.23. The molecule has 0 heterocycles. The van der Waals surface area contributed by atoms with E-state index in [0.717, 1.165) is 38.9 Å². The smallest absolute Gasteiger partial charge is 0.338 e. The van der Waals surface area contributed by atoms with Gasteiger partial charge in [0.2, 0.25) is 0 Å². The number of unbranched alkanes of at least 4 members (excludes halogenated alkanes) is 2. The number of benzene rings is 1. The summed E-state index contributed by atoms with van der Waals surface area (Å²) in [5.41, 5.74) is 6.74. The summed E-state index contributed by atoms with van der Waals surface area (Å²) in [5.74, 6) is -0.291. The molecule has 112 valence electrons. The van der Waals surface area contributed by atoms with E-state index in [1.165, 1.54) is 0 Å². The average molecular weight is 278 g/mol. The first-order valence-corrected chi connectivity index (χ1v) is 7.42. The van der Waals surface area contributed by atoms with Crippen LogP contribution in [0.5, 0.6) is 0 Å². The summed E-state index contributed by atoms with van der Waals surface area (Å²) in [4.78, 5) is 14.1. The van der Waals surface area contributed by atoms with Crippen LogP contribution in [0.25, 0.3) is 0 Å². The van der Waals surface area contributed by atoms with Crippen LogP contribution >= 0.6 is 0 Å². The molecule has 20 heavy (non-hydrogen) atoms. The number of nitrogens with two attached hydrogens (primary N) is 1. The van der Waals surface area contributed by atoms with Gasteiger partial charge >= 0.3 is 5.97 Å². The van der Waals surface area contributed by atoms with Crippen LogP contribution in [0.3, 0.4) is 0 Å². The highest BCUT2D eigenvalue weighted by Gasteiger charge is 2.06. The van der Waals surface area contributed by atoms with E-state index in [1.807, 2.05) is 0 Å². The Balaban J connectivity index is 2.14. The maximum Gasteiger partial charge on any atom is 0.338 e. The Morgan fingerprint density at radius 1 is 1.20 bits per heavy atom. The summed E-state index contributed by atoms with van der Waals surface area (Å²) in [6.07, 6.45) is 3.15. The van der Waals surface area contributed by atoms with Crippen molar-refractivity contribution in [3.8, 4) is 0 Å². The van der Waals surface area contributed by atoms with E-state index >= 15 is 0 Å². The van der Waals surface area contributed by atoms with Crippen molar-refractivity contribution in [2.75, 3.05) is 32.0 Å². The van der Waals surface area contributed by atoms with E-state index in [-0.39, 0.29) is 5.97 Å². The van der Waals surface area contributed by atoms with E-state index in [1.54, 1.807) is 24.3 Å². The van der Waals surface area contributed by atoms with Crippen LogP contribution in [-0.2, 0) is 4.74 Å². The minimum atomic E-state index is -0.291. The van der Waals surface area contributed by atoms with Crippen LogP contribution in [0, 0.1) is 0 Å². The Hall–Kier alpha value is -1.55.